The first kappa shape index (κ1) is 21.2. The first-order valence-corrected chi connectivity index (χ1v) is 10.7. The van der Waals surface area contributed by atoms with Crippen molar-refractivity contribution in [3.63, 3.8) is 0 Å². The summed E-state index contributed by atoms with van der Waals surface area (Å²) in [6.45, 7) is 2.69. The van der Waals surface area contributed by atoms with Gasteiger partial charge in [0.15, 0.2) is 11.6 Å². The van der Waals surface area contributed by atoms with E-state index in [2.05, 4.69) is 15.3 Å². The van der Waals surface area contributed by atoms with Crippen molar-refractivity contribution in [3.05, 3.63) is 29.7 Å². The van der Waals surface area contributed by atoms with Crippen LogP contribution in [0.1, 0.15) is 48.2 Å². The van der Waals surface area contributed by atoms with E-state index < -0.39 is 5.91 Å². The highest BCUT2D eigenvalue weighted by Gasteiger charge is 2.29. The summed E-state index contributed by atoms with van der Waals surface area (Å²) in [6, 6.07) is 1.64. The fourth-order valence-electron chi connectivity index (χ4n) is 4.35. The molecule has 0 spiro atoms. The number of carbonyl (C=O) groups is 2. The van der Waals surface area contributed by atoms with Crippen molar-refractivity contribution in [2.75, 3.05) is 30.4 Å². The molecule has 0 aromatic carbocycles. The molecule has 0 bridgehead atoms. The minimum absolute atomic E-state index is 0.0107. The summed E-state index contributed by atoms with van der Waals surface area (Å²) in [4.78, 5) is 39.2. The summed E-state index contributed by atoms with van der Waals surface area (Å²) in [5, 5.41) is 3.05. The number of nitrogens with one attached hydrogen (secondary N) is 1. The summed E-state index contributed by atoms with van der Waals surface area (Å²) >= 11 is 0. The summed E-state index contributed by atoms with van der Waals surface area (Å²) in [6.07, 6.45) is 8.91. The number of methoxy groups -OCH3 is 1. The van der Waals surface area contributed by atoms with E-state index in [9.17, 15) is 9.59 Å². The van der Waals surface area contributed by atoms with Gasteiger partial charge in [-0.25, -0.2) is 9.97 Å². The average molecular weight is 425 g/mol. The van der Waals surface area contributed by atoms with Gasteiger partial charge in [-0.3, -0.25) is 19.5 Å². The molecule has 164 valence electrons. The van der Waals surface area contributed by atoms with Crippen molar-refractivity contribution in [2.24, 2.45) is 11.7 Å². The molecule has 2 aliphatic rings. The first-order chi connectivity index (χ1) is 15.0. The minimum atomic E-state index is -0.577. The van der Waals surface area contributed by atoms with Gasteiger partial charge in [-0.2, -0.15) is 0 Å². The Labute approximate surface area is 181 Å². The molecule has 1 saturated carbocycles. The molecule has 31 heavy (non-hydrogen) atoms. The number of pyridine rings is 1. The third kappa shape index (κ3) is 4.51. The zero-order chi connectivity index (χ0) is 22.0. The smallest absolute Gasteiger partial charge is 0.267 e. The number of aromatic nitrogens is 3. The van der Waals surface area contributed by atoms with Crippen molar-refractivity contribution in [1.82, 2.24) is 15.0 Å². The molecule has 9 heteroatoms. The number of hydrogen-bond donors (Lipinski definition) is 2. The van der Waals surface area contributed by atoms with E-state index in [0.717, 1.165) is 43.2 Å². The fourth-order valence-corrected chi connectivity index (χ4v) is 4.35. The van der Waals surface area contributed by atoms with Crippen LogP contribution < -0.4 is 16.0 Å². The van der Waals surface area contributed by atoms with E-state index >= 15 is 0 Å². The van der Waals surface area contributed by atoms with Crippen molar-refractivity contribution < 1.29 is 14.3 Å². The number of nitrogens with two attached hydrogens (primary N) is 1. The Hall–Kier alpha value is -3.07. The van der Waals surface area contributed by atoms with Gasteiger partial charge in [0.25, 0.3) is 5.91 Å². The maximum atomic E-state index is 12.7. The lowest BCUT2D eigenvalue weighted by molar-refractivity contribution is -0.117. The molecule has 3 N–H and O–H groups in total. The van der Waals surface area contributed by atoms with Crippen molar-refractivity contribution >= 4 is 23.5 Å². The second kappa shape index (κ2) is 8.97. The quantitative estimate of drug-likeness (QED) is 0.729. The predicted molar refractivity (Wildman–Crippen MR) is 117 cm³/mol. The molecule has 1 aliphatic carbocycles. The molecule has 2 amide bonds. The van der Waals surface area contributed by atoms with Crippen LogP contribution in [0.15, 0.2) is 18.5 Å². The number of primary amides is 1. The molecular weight excluding hydrogens is 396 g/mol. The summed E-state index contributed by atoms with van der Waals surface area (Å²) in [5.74, 6) is 1.14. The summed E-state index contributed by atoms with van der Waals surface area (Å²) in [5.41, 5.74) is 7.68. The maximum absolute atomic E-state index is 12.7. The number of nitrogens with zero attached hydrogens (tertiary/aromatic N) is 4. The SMILES string of the molecule is COC1CCC(CCN2C(=O)CNc3ncc(-c4cnc(C(N)=O)cc4C)nc32)CC1. The largest absolute Gasteiger partial charge is 0.381 e. The van der Waals surface area contributed by atoms with Crippen molar-refractivity contribution in [3.8, 4) is 11.3 Å². The van der Waals surface area contributed by atoms with Crippen LogP contribution in [0.4, 0.5) is 11.6 Å². The topological polar surface area (TPSA) is 123 Å². The molecule has 1 aliphatic heterocycles. The molecule has 0 saturated heterocycles. The lowest BCUT2D eigenvalue weighted by Gasteiger charge is -2.32. The first-order valence-electron chi connectivity index (χ1n) is 10.7. The number of rotatable bonds is 6. The van der Waals surface area contributed by atoms with Crippen molar-refractivity contribution in [2.45, 2.75) is 45.1 Å². The molecule has 2 aromatic heterocycles. The number of fused-ring (bicyclic) bond motifs is 1. The Kier molecular flexibility index (Phi) is 6.13. The van der Waals surface area contributed by atoms with E-state index in [1.54, 1.807) is 30.5 Å². The molecule has 0 radical (unpaired) electrons. The van der Waals surface area contributed by atoms with Gasteiger partial charge in [0.2, 0.25) is 5.91 Å². The van der Waals surface area contributed by atoms with Crippen LogP contribution in [0.5, 0.6) is 0 Å². The zero-order valence-electron chi connectivity index (χ0n) is 17.9. The van der Waals surface area contributed by atoms with E-state index in [0.29, 0.717) is 35.9 Å². The fraction of sp³-hybridized carbons (Fsp3) is 0.500. The predicted octanol–water partition coefficient (Wildman–Crippen LogP) is 2.30. The third-order valence-corrected chi connectivity index (χ3v) is 6.25. The second-order valence-corrected chi connectivity index (χ2v) is 8.24. The molecule has 9 nitrogen and oxygen atoms in total. The molecule has 2 aromatic rings. The summed E-state index contributed by atoms with van der Waals surface area (Å²) < 4.78 is 5.46. The van der Waals surface area contributed by atoms with Crippen LogP contribution in [-0.2, 0) is 9.53 Å². The van der Waals surface area contributed by atoms with Gasteiger partial charge in [-0.15, -0.1) is 0 Å². The van der Waals surface area contributed by atoms with Crippen LogP contribution in [-0.4, -0.2) is 53.1 Å². The standard InChI is InChI=1S/C22H28N6O3/c1-13-9-17(20(23)30)24-10-16(13)18-11-25-21-22(27-18)28(19(29)12-26-21)8-7-14-3-5-15(31-2)6-4-14/h9-11,14-15H,3-8,12H2,1-2H3,(H2,23,30)(H,25,26). The highest BCUT2D eigenvalue weighted by atomic mass is 16.5. The molecule has 0 unspecified atom stereocenters. The van der Waals surface area contributed by atoms with Crippen LogP contribution in [0.2, 0.25) is 0 Å². The minimum Gasteiger partial charge on any atom is -0.381 e. The van der Waals surface area contributed by atoms with E-state index in [1.807, 2.05) is 6.92 Å². The number of amides is 2. The number of aryl methyl sites for hydroxylation is 1. The number of carbonyl (C=O) groups excluding carboxylic acids is 2. The highest BCUT2D eigenvalue weighted by molar-refractivity contribution is 6.01. The van der Waals surface area contributed by atoms with Crippen LogP contribution in [0, 0.1) is 12.8 Å². The van der Waals surface area contributed by atoms with Crippen LogP contribution in [0.3, 0.4) is 0 Å². The molecule has 0 atom stereocenters. The molecule has 1 fully saturated rings. The molecular formula is C22H28N6O3. The Morgan fingerprint density at radius 2 is 2.03 bits per heavy atom. The van der Waals surface area contributed by atoms with Crippen LogP contribution in [0.25, 0.3) is 11.3 Å². The Bertz CT molecular complexity index is 987. The summed E-state index contributed by atoms with van der Waals surface area (Å²) in [7, 11) is 1.77. The highest BCUT2D eigenvalue weighted by Crippen LogP contribution is 2.32. The number of ether oxygens (including phenoxy) is 1. The van der Waals surface area contributed by atoms with Gasteiger partial charge in [-0.1, -0.05) is 0 Å². The number of hydrogen-bond acceptors (Lipinski definition) is 7. The lowest BCUT2D eigenvalue weighted by Crippen LogP contribution is -2.42. The van der Waals surface area contributed by atoms with Gasteiger partial charge in [-0.05, 0) is 56.6 Å². The lowest BCUT2D eigenvalue weighted by atomic mass is 9.85. The Morgan fingerprint density at radius 3 is 2.71 bits per heavy atom. The second-order valence-electron chi connectivity index (χ2n) is 8.24. The third-order valence-electron chi connectivity index (χ3n) is 6.25. The van der Waals surface area contributed by atoms with Crippen molar-refractivity contribution in [1.29, 1.82) is 0 Å². The Morgan fingerprint density at radius 1 is 1.26 bits per heavy atom. The molecule has 4 rings (SSSR count). The Balaban J connectivity index is 1.54. The van der Waals surface area contributed by atoms with Gasteiger partial charge in [0, 0.05) is 25.4 Å². The van der Waals surface area contributed by atoms with E-state index in [4.69, 9.17) is 15.5 Å². The van der Waals surface area contributed by atoms with Crippen LogP contribution >= 0.6 is 0 Å². The van der Waals surface area contributed by atoms with E-state index in [-0.39, 0.29) is 18.1 Å². The van der Waals surface area contributed by atoms with Gasteiger partial charge in [0.05, 0.1) is 24.5 Å². The normalized spacial score (nSPS) is 20.8. The maximum Gasteiger partial charge on any atom is 0.267 e. The average Bonchev–Trinajstić information content (AvgIpc) is 2.78. The zero-order valence-corrected chi connectivity index (χ0v) is 17.9. The van der Waals surface area contributed by atoms with Gasteiger partial charge in [0.1, 0.15) is 5.69 Å². The molecule has 3 heterocycles. The van der Waals surface area contributed by atoms with E-state index in [1.165, 1.54) is 0 Å². The monoisotopic (exact) mass is 424 g/mol. The van der Waals surface area contributed by atoms with Gasteiger partial charge < -0.3 is 15.8 Å². The van der Waals surface area contributed by atoms with Gasteiger partial charge >= 0.3 is 0 Å². The number of anilines is 2.